The monoisotopic (exact) mass is 268 g/mol. The number of carbonyl (C=O) groups is 1. The van der Waals surface area contributed by atoms with Crippen LogP contribution in [0.2, 0.25) is 0 Å². The van der Waals surface area contributed by atoms with Crippen LogP contribution in [0, 0.1) is 11.3 Å². The Morgan fingerprint density at radius 3 is 2.42 bits per heavy atom. The Morgan fingerprint density at radius 2 is 1.89 bits per heavy atom. The van der Waals surface area contributed by atoms with Crippen molar-refractivity contribution in [1.82, 2.24) is 15.1 Å². The van der Waals surface area contributed by atoms with Gasteiger partial charge in [0.1, 0.15) is 0 Å². The largest absolute Gasteiger partial charge is 0.383 e. The highest BCUT2D eigenvalue weighted by atomic mass is 16.5. The van der Waals surface area contributed by atoms with Gasteiger partial charge in [-0.3, -0.25) is 14.6 Å². The van der Waals surface area contributed by atoms with E-state index in [9.17, 15) is 4.79 Å². The average molecular weight is 268 g/mol. The average Bonchev–Trinajstić information content (AvgIpc) is 2.46. The third-order valence-electron chi connectivity index (χ3n) is 3.62. The summed E-state index contributed by atoms with van der Waals surface area (Å²) in [7, 11) is 1.62. The van der Waals surface area contributed by atoms with Crippen LogP contribution in [0.5, 0.6) is 0 Å². The Kier molecular flexibility index (Phi) is 6.78. The number of amides is 1. The van der Waals surface area contributed by atoms with E-state index in [0.717, 1.165) is 26.2 Å². The molecule has 108 valence electrons. The van der Waals surface area contributed by atoms with Crippen LogP contribution >= 0.6 is 0 Å². The molecular formula is C13H24N4O2. The Bertz CT molecular complexity index is 321. The van der Waals surface area contributed by atoms with Crippen LogP contribution in [-0.2, 0) is 9.53 Å². The lowest BCUT2D eigenvalue weighted by Crippen LogP contribution is -2.55. The first-order valence-corrected chi connectivity index (χ1v) is 6.74. The van der Waals surface area contributed by atoms with Crippen molar-refractivity contribution < 1.29 is 9.53 Å². The molecule has 1 fully saturated rings. The Labute approximate surface area is 115 Å². The molecule has 0 spiro atoms. The summed E-state index contributed by atoms with van der Waals surface area (Å²) in [4.78, 5) is 16.2. The van der Waals surface area contributed by atoms with Crippen LogP contribution in [0.25, 0.3) is 0 Å². The van der Waals surface area contributed by atoms with E-state index < -0.39 is 0 Å². The molecule has 19 heavy (non-hydrogen) atoms. The van der Waals surface area contributed by atoms with Crippen LogP contribution in [0.1, 0.15) is 13.8 Å². The number of hydrogen-bond acceptors (Lipinski definition) is 5. The quantitative estimate of drug-likeness (QED) is 0.668. The summed E-state index contributed by atoms with van der Waals surface area (Å²) in [5.41, 5.74) is 0. The Hall–Kier alpha value is -1.16. The molecule has 6 nitrogen and oxygen atoms in total. The van der Waals surface area contributed by atoms with E-state index >= 15 is 0 Å². The zero-order valence-electron chi connectivity index (χ0n) is 12.1. The summed E-state index contributed by atoms with van der Waals surface area (Å²) < 4.78 is 4.90. The van der Waals surface area contributed by atoms with Crippen molar-refractivity contribution in [3.8, 4) is 6.07 Å². The van der Waals surface area contributed by atoms with Gasteiger partial charge in [-0.15, -0.1) is 0 Å². The van der Waals surface area contributed by atoms with E-state index in [1.165, 1.54) is 0 Å². The highest BCUT2D eigenvalue weighted by Crippen LogP contribution is 2.09. The molecule has 1 N–H and O–H groups in total. The first kappa shape index (κ1) is 15.9. The van der Waals surface area contributed by atoms with Crippen molar-refractivity contribution in [2.45, 2.75) is 25.9 Å². The summed E-state index contributed by atoms with van der Waals surface area (Å²) >= 11 is 0. The van der Waals surface area contributed by atoms with E-state index in [4.69, 9.17) is 10.00 Å². The molecule has 1 rings (SSSR count). The lowest BCUT2D eigenvalue weighted by atomic mass is 10.2. The van der Waals surface area contributed by atoms with Crippen molar-refractivity contribution >= 4 is 5.91 Å². The summed E-state index contributed by atoms with van der Waals surface area (Å²) in [6.07, 6.45) is 0. The standard InChI is InChI=1S/C13H24N4O2/c1-11(10-14)16-5-7-17(8-6-16)12(2)13(18)15-4-9-19-3/h11-12H,4-9H2,1-3H3,(H,15,18). The van der Waals surface area contributed by atoms with Crippen molar-refractivity contribution in [2.75, 3.05) is 46.4 Å². The summed E-state index contributed by atoms with van der Waals surface area (Å²) in [6, 6.07) is 2.07. The second kappa shape index (κ2) is 8.10. The summed E-state index contributed by atoms with van der Waals surface area (Å²) in [6.45, 7) is 8.24. The van der Waals surface area contributed by atoms with E-state index in [-0.39, 0.29) is 18.0 Å². The van der Waals surface area contributed by atoms with E-state index in [0.29, 0.717) is 13.2 Å². The fraction of sp³-hybridized carbons (Fsp3) is 0.846. The van der Waals surface area contributed by atoms with Gasteiger partial charge in [0.05, 0.1) is 24.8 Å². The van der Waals surface area contributed by atoms with Gasteiger partial charge in [-0.1, -0.05) is 0 Å². The predicted octanol–water partition coefficient (Wildman–Crippen LogP) is -0.333. The number of nitrogens with zero attached hydrogens (tertiary/aromatic N) is 3. The maximum atomic E-state index is 11.9. The molecule has 2 atom stereocenters. The second-order valence-electron chi connectivity index (χ2n) is 4.84. The molecule has 1 aliphatic rings. The molecule has 0 aromatic carbocycles. The molecule has 1 amide bonds. The predicted molar refractivity (Wildman–Crippen MR) is 72.6 cm³/mol. The van der Waals surface area contributed by atoms with Gasteiger partial charge >= 0.3 is 0 Å². The number of piperazine rings is 1. The van der Waals surface area contributed by atoms with Crippen molar-refractivity contribution in [1.29, 1.82) is 5.26 Å². The van der Waals surface area contributed by atoms with Gasteiger partial charge < -0.3 is 10.1 Å². The van der Waals surface area contributed by atoms with Gasteiger partial charge in [0.15, 0.2) is 0 Å². The molecule has 2 unspecified atom stereocenters. The second-order valence-corrected chi connectivity index (χ2v) is 4.84. The van der Waals surface area contributed by atoms with Crippen LogP contribution in [0.4, 0.5) is 0 Å². The van der Waals surface area contributed by atoms with Crippen molar-refractivity contribution in [2.24, 2.45) is 0 Å². The van der Waals surface area contributed by atoms with Crippen LogP contribution in [0.3, 0.4) is 0 Å². The van der Waals surface area contributed by atoms with Gasteiger partial charge in [-0.05, 0) is 13.8 Å². The smallest absolute Gasteiger partial charge is 0.237 e. The van der Waals surface area contributed by atoms with Crippen molar-refractivity contribution in [3.05, 3.63) is 0 Å². The van der Waals surface area contributed by atoms with Crippen LogP contribution in [-0.4, -0.2) is 74.2 Å². The number of nitriles is 1. The minimum absolute atomic E-state index is 0.0406. The fourth-order valence-electron chi connectivity index (χ4n) is 2.18. The van der Waals surface area contributed by atoms with Gasteiger partial charge in [-0.2, -0.15) is 5.26 Å². The molecule has 1 heterocycles. The molecule has 1 aliphatic heterocycles. The number of methoxy groups -OCH3 is 1. The number of nitrogens with one attached hydrogen (secondary N) is 1. The van der Waals surface area contributed by atoms with Crippen LogP contribution in [0.15, 0.2) is 0 Å². The third-order valence-corrected chi connectivity index (χ3v) is 3.62. The Balaban J connectivity index is 2.34. The topological polar surface area (TPSA) is 68.6 Å². The first-order valence-electron chi connectivity index (χ1n) is 6.74. The molecule has 0 saturated carbocycles. The zero-order valence-corrected chi connectivity index (χ0v) is 12.1. The molecule has 1 saturated heterocycles. The SMILES string of the molecule is COCCNC(=O)C(C)N1CCN(C(C)C#N)CC1. The summed E-state index contributed by atoms with van der Waals surface area (Å²) in [5.74, 6) is 0.0406. The minimum atomic E-state index is -0.128. The fourth-order valence-corrected chi connectivity index (χ4v) is 2.18. The molecule has 6 heteroatoms. The van der Waals surface area contributed by atoms with E-state index in [1.807, 2.05) is 13.8 Å². The molecule has 0 radical (unpaired) electrons. The zero-order chi connectivity index (χ0) is 14.3. The van der Waals surface area contributed by atoms with Gasteiger partial charge in [-0.25, -0.2) is 0 Å². The maximum Gasteiger partial charge on any atom is 0.237 e. The minimum Gasteiger partial charge on any atom is -0.383 e. The number of ether oxygens (including phenoxy) is 1. The summed E-state index contributed by atoms with van der Waals surface area (Å²) in [5, 5.41) is 11.7. The lowest BCUT2D eigenvalue weighted by molar-refractivity contribution is -0.126. The molecule has 0 aliphatic carbocycles. The van der Waals surface area contributed by atoms with Crippen molar-refractivity contribution in [3.63, 3.8) is 0 Å². The van der Waals surface area contributed by atoms with E-state index in [1.54, 1.807) is 7.11 Å². The highest BCUT2D eigenvalue weighted by Gasteiger charge is 2.26. The van der Waals surface area contributed by atoms with Crippen LogP contribution < -0.4 is 5.32 Å². The first-order chi connectivity index (χ1) is 9.10. The normalized spacial score (nSPS) is 20.5. The number of carbonyl (C=O) groups excluding carboxylic acids is 1. The maximum absolute atomic E-state index is 11.9. The number of hydrogen-bond donors (Lipinski definition) is 1. The molecular weight excluding hydrogens is 244 g/mol. The van der Waals surface area contributed by atoms with E-state index in [2.05, 4.69) is 21.2 Å². The molecule has 0 bridgehead atoms. The number of rotatable bonds is 6. The highest BCUT2D eigenvalue weighted by molar-refractivity contribution is 5.81. The van der Waals surface area contributed by atoms with Gasteiger partial charge in [0.25, 0.3) is 0 Å². The van der Waals surface area contributed by atoms with Gasteiger partial charge in [0.2, 0.25) is 5.91 Å². The molecule has 0 aromatic heterocycles. The lowest BCUT2D eigenvalue weighted by Gasteiger charge is -2.38. The third kappa shape index (κ3) is 4.78. The Morgan fingerprint density at radius 1 is 1.32 bits per heavy atom. The van der Waals surface area contributed by atoms with Gasteiger partial charge in [0, 0.05) is 39.8 Å². The molecule has 0 aromatic rings.